The van der Waals surface area contributed by atoms with Crippen LogP contribution in [0.15, 0.2) is 36.9 Å². The first-order chi connectivity index (χ1) is 9.66. The molecule has 1 aromatic heterocycles. The molecule has 0 saturated heterocycles. The Morgan fingerprint density at radius 2 is 2.15 bits per heavy atom. The van der Waals surface area contributed by atoms with Gasteiger partial charge in [0.1, 0.15) is 0 Å². The molecule has 20 heavy (non-hydrogen) atoms. The predicted molar refractivity (Wildman–Crippen MR) is 75.8 cm³/mol. The van der Waals surface area contributed by atoms with Gasteiger partial charge >= 0.3 is 0 Å². The lowest BCUT2D eigenvalue weighted by Crippen LogP contribution is -2.06. The Balaban J connectivity index is 1.79. The molecule has 2 rings (SSSR count). The molecule has 0 unspecified atom stereocenters. The van der Waals surface area contributed by atoms with E-state index in [9.17, 15) is 8.78 Å². The second-order valence-electron chi connectivity index (χ2n) is 4.58. The number of aryl methyl sites for hydroxylation is 1. The largest absolute Gasteiger partial charge is 0.399 e. The Morgan fingerprint density at radius 1 is 1.30 bits per heavy atom. The fourth-order valence-electron chi connectivity index (χ4n) is 1.98. The Kier molecular flexibility index (Phi) is 4.92. The average Bonchev–Trinajstić information content (AvgIpc) is 2.92. The summed E-state index contributed by atoms with van der Waals surface area (Å²) < 4.78 is 27.7. The van der Waals surface area contributed by atoms with Crippen molar-refractivity contribution in [2.75, 3.05) is 17.6 Å². The van der Waals surface area contributed by atoms with Crippen molar-refractivity contribution in [2.45, 2.75) is 25.8 Å². The van der Waals surface area contributed by atoms with Crippen LogP contribution in [0, 0.1) is 0 Å². The number of nitrogen functional groups attached to an aromatic ring is 1. The van der Waals surface area contributed by atoms with Gasteiger partial charge in [0.05, 0.1) is 6.33 Å². The first kappa shape index (κ1) is 14.3. The SMILES string of the molecule is Nc1ccc(NCCCCn2ccnc2)c(C(F)F)c1. The highest BCUT2D eigenvalue weighted by Crippen LogP contribution is 2.28. The zero-order chi connectivity index (χ0) is 14.4. The van der Waals surface area contributed by atoms with E-state index in [1.807, 2.05) is 10.8 Å². The number of nitrogens with zero attached hydrogens (tertiary/aromatic N) is 2. The minimum Gasteiger partial charge on any atom is -0.399 e. The molecule has 0 radical (unpaired) electrons. The number of unbranched alkanes of at least 4 members (excludes halogenated alkanes) is 1. The topological polar surface area (TPSA) is 55.9 Å². The summed E-state index contributed by atoms with van der Waals surface area (Å²) in [5.41, 5.74) is 6.29. The summed E-state index contributed by atoms with van der Waals surface area (Å²) in [6.45, 7) is 1.53. The van der Waals surface area contributed by atoms with Gasteiger partial charge in [-0.2, -0.15) is 0 Å². The third-order valence-electron chi connectivity index (χ3n) is 3.03. The molecule has 0 bridgehead atoms. The zero-order valence-corrected chi connectivity index (χ0v) is 11.1. The highest BCUT2D eigenvalue weighted by atomic mass is 19.3. The first-order valence-electron chi connectivity index (χ1n) is 6.54. The van der Waals surface area contributed by atoms with Gasteiger partial charge < -0.3 is 15.6 Å². The summed E-state index contributed by atoms with van der Waals surface area (Å²) >= 11 is 0. The highest BCUT2D eigenvalue weighted by molar-refractivity contribution is 5.58. The minimum absolute atomic E-state index is 0.0420. The van der Waals surface area contributed by atoms with Gasteiger partial charge in [-0.15, -0.1) is 0 Å². The summed E-state index contributed by atoms with van der Waals surface area (Å²) in [6.07, 6.45) is 4.74. The smallest absolute Gasteiger partial charge is 0.265 e. The van der Waals surface area contributed by atoms with E-state index in [4.69, 9.17) is 5.73 Å². The monoisotopic (exact) mass is 280 g/mol. The number of anilines is 2. The Morgan fingerprint density at radius 3 is 2.85 bits per heavy atom. The second-order valence-corrected chi connectivity index (χ2v) is 4.58. The van der Waals surface area contributed by atoms with Crippen molar-refractivity contribution in [3.8, 4) is 0 Å². The molecule has 0 atom stereocenters. The number of nitrogens with two attached hydrogens (primary N) is 1. The van der Waals surface area contributed by atoms with Gasteiger partial charge in [-0.25, -0.2) is 13.8 Å². The average molecular weight is 280 g/mol. The lowest BCUT2D eigenvalue weighted by Gasteiger charge is -2.12. The molecule has 108 valence electrons. The van der Waals surface area contributed by atoms with E-state index in [0.29, 0.717) is 17.9 Å². The maximum Gasteiger partial charge on any atom is 0.265 e. The van der Waals surface area contributed by atoms with Crippen LogP contribution in [0.5, 0.6) is 0 Å². The highest BCUT2D eigenvalue weighted by Gasteiger charge is 2.12. The molecule has 3 N–H and O–H groups in total. The van der Waals surface area contributed by atoms with Crippen LogP contribution in [0.2, 0.25) is 0 Å². The lowest BCUT2D eigenvalue weighted by atomic mass is 10.1. The van der Waals surface area contributed by atoms with Crippen LogP contribution in [-0.4, -0.2) is 16.1 Å². The van der Waals surface area contributed by atoms with Crippen LogP contribution in [0.3, 0.4) is 0 Å². The minimum atomic E-state index is -2.52. The number of imidazole rings is 1. The van der Waals surface area contributed by atoms with Crippen molar-refractivity contribution in [2.24, 2.45) is 0 Å². The van der Waals surface area contributed by atoms with Crippen molar-refractivity contribution >= 4 is 11.4 Å². The summed E-state index contributed by atoms with van der Waals surface area (Å²) in [7, 11) is 0. The maximum absolute atomic E-state index is 12.9. The molecule has 1 aromatic carbocycles. The van der Waals surface area contributed by atoms with Crippen molar-refractivity contribution in [1.29, 1.82) is 0 Å². The number of nitrogens with one attached hydrogen (secondary N) is 1. The summed E-state index contributed by atoms with van der Waals surface area (Å²) in [5, 5.41) is 3.04. The van der Waals surface area contributed by atoms with Crippen molar-refractivity contribution in [3.05, 3.63) is 42.5 Å². The van der Waals surface area contributed by atoms with Gasteiger partial charge in [0.25, 0.3) is 6.43 Å². The van der Waals surface area contributed by atoms with E-state index in [2.05, 4.69) is 10.3 Å². The van der Waals surface area contributed by atoms with Gasteiger partial charge in [0, 0.05) is 42.4 Å². The Bertz CT molecular complexity index is 526. The van der Waals surface area contributed by atoms with Crippen LogP contribution < -0.4 is 11.1 Å². The van der Waals surface area contributed by atoms with Gasteiger partial charge in [-0.1, -0.05) is 0 Å². The maximum atomic E-state index is 12.9. The van der Waals surface area contributed by atoms with Gasteiger partial charge in [0.15, 0.2) is 0 Å². The molecule has 0 amide bonds. The number of rotatable bonds is 7. The van der Waals surface area contributed by atoms with E-state index >= 15 is 0 Å². The number of hydrogen-bond acceptors (Lipinski definition) is 3. The number of benzene rings is 1. The van der Waals surface area contributed by atoms with Crippen LogP contribution in [-0.2, 0) is 6.54 Å². The summed E-state index contributed by atoms with van der Waals surface area (Å²) in [6, 6.07) is 4.55. The molecule has 4 nitrogen and oxygen atoms in total. The molecule has 1 heterocycles. The fourth-order valence-corrected chi connectivity index (χ4v) is 1.98. The Labute approximate surface area is 116 Å². The second kappa shape index (κ2) is 6.88. The molecule has 2 aromatic rings. The number of hydrogen-bond donors (Lipinski definition) is 2. The molecule has 0 aliphatic heterocycles. The van der Waals surface area contributed by atoms with E-state index in [1.165, 1.54) is 6.07 Å². The molecule has 6 heteroatoms. The number of alkyl halides is 2. The van der Waals surface area contributed by atoms with Gasteiger partial charge in [-0.3, -0.25) is 0 Å². The molecule has 0 spiro atoms. The van der Waals surface area contributed by atoms with E-state index in [1.54, 1.807) is 24.7 Å². The zero-order valence-electron chi connectivity index (χ0n) is 11.1. The normalized spacial score (nSPS) is 10.9. The van der Waals surface area contributed by atoms with Crippen LogP contribution >= 0.6 is 0 Å². The molecule has 0 fully saturated rings. The molecular formula is C14H18F2N4. The third kappa shape index (κ3) is 3.94. The fraction of sp³-hybridized carbons (Fsp3) is 0.357. The van der Waals surface area contributed by atoms with E-state index in [0.717, 1.165) is 19.4 Å². The van der Waals surface area contributed by atoms with E-state index in [-0.39, 0.29) is 5.56 Å². The third-order valence-corrected chi connectivity index (χ3v) is 3.03. The van der Waals surface area contributed by atoms with Crippen LogP contribution in [0.4, 0.5) is 20.2 Å². The summed E-state index contributed by atoms with van der Waals surface area (Å²) in [5.74, 6) is 0. The van der Waals surface area contributed by atoms with Crippen molar-refractivity contribution in [1.82, 2.24) is 9.55 Å². The molecular weight excluding hydrogens is 262 g/mol. The molecule has 0 aliphatic carbocycles. The Hall–Kier alpha value is -2.11. The molecule has 0 saturated carbocycles. The first-order valence-corrected chi connectivity index (χ1v) is 6.54. The van der Waals surface area contributed by atoms with Gasteiger partial charge in [0.2, 0.25) is 0 Å². The number of halogens is 2. The summed E-state index contributed by atoms with van der Waals surface area (Å²) in [4.78, 5) is 3.96. The van der Waals surface area contributed by atoms with Crippen LogP contribution in [0.1, 0.15) is 24.8 Å². The van der Waals surface area contributed by atoms with Crippen LogP contribution in [0.25, 0.3) is 0 Å². The van der Waals surface area contributed by atoms with Crippen molar-refractivity contribution < 1.29 is 8.78 Å². The standard InChI is InChI=1S/C14H18F2N4/c15-14(16)12-9-11(17)3-4-13(12)19-5-1-2-7-20-8-6-18-10-20/h3-4,6,8-10,14,19H,1-2,5,7,17H2. The van der Waals surface area contributed by atoms with Gasteiger partial charge in [-0.05, 0) is 31.0 Å². The molecule has 0 aliphatic rings. The quantitative estimate of drug-likeness (QED) is 0.604. The van der Waals surface area contributed by atoms with E-state index < -0.39 is 6.43 Å². The lowest BCUT2D eigenvalue weighted by molar-refractivity contribution is 0.152. The van der Waals surface area contributed by atoms with Crippen molar-refractivity contribution in [3.63, 3.8) is 0 Å². The predicted octanol–water partition coefficient (Wildman–Crippen LogP) is 3.30. The number of aromatic nitrogens is 2.